The van der Waals surface area contributed by atoms with Crippen LogP contribution in [0.5, 0.6) is 0 Å². The van der Waals surface area contributed by atoms with E-state index in [0.29, 0.717) is 23.4 Å². The normalized spacial score (nSPS) is 25.1. The molecule has 3 unspecified atom stereocenters. The number of rotatable bonds is 7. The largest absolute Gasteiger partial charge is 0.369 e. The monoisotopic (exact) mass is 570 g/mol. The lowest BCUT2D eigenvalue weighted by Crippen LogP contribution is -2.52. The molecule has 1 N–H and O–H groups in total. The summed E-state index contributed by atoms with van der Waals surface area (Å²) in [6, 6.07) is 14.5. The topological polar surface area (TPSA) is 55.9 Å². The van der Waals surface area contributed by atoms with E-state index in [1.165, 1.54) is 23.5 Å². The van der Waals surface area contributed by atoms with Crippen LogP contribution < -0.4 is 10.2 Å². The maximum absolute atomic E-state index is 14.1. The first-order valence-corrected chi connectivity index (χ1v) is 15.1. The van der Waals surface area contributed by atoms with Crippen LogP contribution in [0.15, 0.2) is 53.4 Å². The van der Waals surface area contributed by atoms with Crippen LogP contribution in [0.3, 0.4) is 0 Å². The second-order valence-corrected chi connectivity index (χ2v) is 12.4. The SMILES string of the molecule is CN1C(=O)/C(=C/c2ccccc2F)SC2CCC(C(=O)NCCCN3CCN(c4cccc(Cl)c4)CC3)CC21. The Bertz CT molecular complexity index is 1220. The predicted molar refractivity (Wildman–Crippen MR) is 157 cm³/mol. The molecule has 0 spiro atoms. The van der Waals surface area contributed by atoms with Crippen molar-refractivity contribution in [3.63, 3.8) is 0 Å². The minimum absolute atomic E-state index is 0.0144. The molecule has 3 fully saturated rings. The number of likely N-dealkylation sites (N-methyl/N-ethyl adjacent to an activating group) is 1. The van der Waals surface area contributed by atoms with Gasteiger partial charge in [-0.3, -0.25) is 14.5 Å². The molecule has 6 nitrogen and oxygen atoms in total. The van der Waals surface area contributed by atoms with Gasteiger partial charge in [0, 0.05) is 73.3 Å². The van der Waals surface area contributed by atoms with Gasteiger partial charge in [-0.2, -0.15) is 0 Å². The van der Waals surface area contributed by atoms with Crippen LogP contribution in [0.1, 0.15) is 31.2 Å². The summed E-state index contributed by atoms with van der Waals surface area (Å²) in [5.74, 6) is -0.414. The zero-order valence-corrected chi connectivity index (χ0v) is 23.9. The average molecular weight is 571 g/mol. The number of thioether (sulfide) groups is 1. The van der Waals surface area contributed by atoms with Crippen LogP contribution in [0, 0.1) is 11.7 Å². The number of carbonyl (C=O) groups excluding carboxylic acids is 2. The van der Waals surface area contributed by atoms with Gasteiger partial charge in [0.25, 0.3) is 5.91 Å². The smallest absolute Gasteiger partial charge is 0.260 e. The van der Waals surface area contributed by atoms with Crippen molar-refractivity contribution in [2.45, 2.75) is 37.0 Å². The lowest BCUT2D eigenvalue weighted by atomic mass is 9.83. The summed E-state index contributed by atoms with van der Waals surface area (Å²) in [6.07, 6.45) is 4.91. The fourth-order valence-corrected chi connectivity index (χ4v) is 7.49. The first kappa shape index (κ1) is 28.0. The molecule has 39 heavy (non-hydrogen) atoms. The summed E-state index contributed by atoms with van der Waals surface area (Å²) >= 11 is 7.68. The fourth-order valence-electron chi connectivity index (χ4n) is 5.83. The van der Waals surface area contributed by atoms with E-state index in [4.69, 9.17) is 11.6 Å². The molecule has 2 heterocycles. The van der Waals surface area contributed by atoms with E-state index in [1.807, 2.05) is 18.2 Å². The number of halogens is 2. The van der Waals surface area contributed by atoms with Gasteiger partial charge in [0.2, 0.25) is 5.91 Å². The molecule has 3 atom stereocenters. The zero-order chi connectivity index (χ0) is 27.4. The molecule has 3 aliphatic rings. The van der Waals surface area contributed by atoms with Crippen molar-refractivity contribution >= 4 is 46.9 Å². The van der Waals surface area contributed by atoms with E-state index in [-0.39, 0.29) is 34.8 Å². The number of hydrogen-bond acceptors (Lipinski definition) is 5. The van der Waals surface area contributed by atoms with Crippen molar-refractivity contribution in [2.24, 2.45) is 5.92 Å². The first-order valence-electron chi connectivity index (χ1n) is 13.8. The Labute approximate surface area is 239 Å². The average Bonchev–Trinajstić information content (AvgIpc) is 2.95. The van der Waals surface area contributed by atoms with Crippen LogP contribution in [-0.4, -0.2) is 79.2 Å². The zero-order valence-electron chi connectivity index (χ0n) is 22.3. The van der Waals surface area contributed by atoms with Crippen molar-refractivity contribution in [3.8, 4) is 0 Å². The molecule has 208 valence electrons. The summed E-state index contributed by atoms with van der Waals surface area (Å²) in [5.41, 5.74) is 1.60. The van der Waals surface area contributed by atoms with E-state index in [2.05, 4.69) is 21.2 Å². The minimum atomic E-state index is -0.330. The molecule has 0 bridgehead atoms. The van der Waals surface area contributed by atoms with Crippen molar-refractivity contribution < 1.29 is 14.0 Å². The van der Waals surface area contributed by atoms with Gasteiger partial charge in [0.05, 0.1) is 4.91 Å². The second kappa shape index (κ2) is 12.7. The van der Waals surface area contributed by atoms with Crippen molar-refractivity contribution in [1.29, 1.82) is 0 Å². The van der Waals surface area contributed by atoms with E-state index < -0.39 is 0 Å². The number of piperazine rings is 1. The van der Waals surface area contributed by atoms with Gasteiger partial charge in [0.15, 0.2) is 0 Å². The Morgan fingerprint density at radius 3 is 2.69 bits per heavy atom. The number of carbonyl (C=O) groups is 2. The number of anilines is 1. The van der Waals surface area contributed by atoms with Crippen LogP contribution in [-0.2, 0) is 9.59 Å². The van der Waals surface area contributed by atoms with E-state index in [1.54, 1.807) is 36.2 Å². The molecule has 2 amide bonds. The molecule has 2 aromatic carbocycles. The summed E-state index contributed by atoms with van der Waals surface area (Å²) < 4.78 is 14.1. The van der Waals surface area contributed by atoms with Gasteiger partial charge in [-0.05, 0) is 62.6 Å². The third kappa shape index (κ3) is 6.79. The van der Waals surface area contributed by atoms with E-state index in [0.717, 1.165) is 57.0 Å². The lowest BCUT2D eigenvalue weighted by molar-refractivity contribution is -0.131. The highest BCUT2D eigenvalue weighted by Crippen LogP contribution is 2.43. The number of fused-ring (bicyclic) bond motifs is 1. The number of nitrogens with zero attached hydrogens (tertiary/aromatic N) is 3. The number of benzene rings is 2. The highest BCUT2D eigenvalue weighted by molar-refractivity contribution is 8.04. The number of hydrogen-bond donors (Lipinski definition) is 1. The number of amides is 2. The summed E-state index contributed by atoms with van der Waals surface area (Å²) in [5, 5.41) is 4.14. The van der Waals surface area contributed by atoms with Crippen LogP contribution in [0.4, 0.5) is 10.1 Å². The molecular formula is C30H36ClFN4O2S. The van der Waals surface area contributed by atoms with E-state index >= 15 is 0 Å². The Morgan fingerprint density at radius 1 is 1.13 bits per heavy atom. The van der Waals surface area contributed by atoms with Crippen LogP contribution in [0.25, 0.3) is 6.08 Å². The third-order valence-electron chi connectivity index (χ3n) is 8.12. The molecule has 5 rings (SSSR count). The quantitative estimate of drug-likeness (QED) is 0.379. The molecule has 1 aliphatic carbocycles. The highest BCUT2D eigenvalue weighted by Gasteiger charge is 2.42. The molecule has 2 aromatic rings. The highest BCUT2D eigenvalue weighted by atomic mass is 35.5. The Kier molecular flexibility index (Phi) is 9.15. The van der Waals surface area contributed by atoms with Gasteiger partial charge in [-0.15, -0.1) is 11.8 Å². The number of nitrogens with one attached hydrogen (secondary N) is 1. The standard InChI is InChI=1S/C30H36ClFN4O2S/c1-34-26-18-22(10-11-27(26)39-28(30(34)38)19-21-6-2-3-9-25(21)32)29(37)33-12-5-13-35-14-16-36(17-15-35)24-8-4-7-23(31)20-24/h2-4,6-9,19-20,22,26-27H,5,10-18H2,1H3,(H,33,37)/b28-19-. The minimum Gasteiger partial charge on any atom is -0.369 e. The van der Waals surface area contributed by atoms with Crippen LogP contribution >= 0.6 is 23.4 Å². The first-order chi connectivity index (χ1) is 18.9. The van der Waals surface area contributed by atoms with Gasteiger partial charge < -0.3 is 15.1 Å². The predicted octanol–water partition coefficient (Wildman–Crippen LogP) is 4.89. The maximum atomic E-state index is 14.1. The summed E-state index contributed by atoms with van der Waals surface area (Å²) in [4.78, 5) is 33.2. The summed E-state index contributed by atoms with van der Waals surface area (Å²) in [6.45, 7) is 5.56. The van der Waals surface area contributed by atoms with Crippen molar-refractivity contribution in [1.82, 2.24) is 15.1 Å². The maximum Gasteiger partial charge on any atom is 0.260 e. The van der Waals surface area contributed by atoms with E-state index in [9.17, 15) is 14.0 Å². The molecule has 1 saturated carbocycles. The molecular weight excluding hydrogens is 535 g/mol. The second-order valence-electron chi connectivity index (χ2n) is 10.6. The fraction of sp³-hybridized carbons (Fsp3) is 0.467. The van der Waals surface area contributed by atoms with Gasteiger partial charge in [-0.1, -0.05) is 35.9 Å². The van der Waals surface area contributed by atoms with Gasteiger partial charge in [0.1, 0.15) is 5.82 Å². The Balaban J connectivity index is 1.05. The van der Waals surface area contributed by atoms with Crippen molar-refractivity contribution in [3.05, 3.63) is 69.8 Å². The van der Waals surface area contributed by atoms with Gasteiger partial charge in [-0.25, -0.2) is 4.39 Å². The van der Waals surface area contributed by atoms with Crippen LogP contribution in [0.2, 0.25) is 5.02 Å². The molecule has 2 aliphatic heterocycles. The summed E-state index contributed by atoms with van der Waals surface area (Å²) in [7, 11) is 1.81. The van der Waals surface area contributed by atoms with Gasteiger partial charge >= 0.3 is 0 Å². The molecule has 0 radical (unpaired) electrons. The van der Waals surface area contributed by atoms with Crippen molar-refractivity contribution in [2.75, 3.05) is 51.2 Å². The molecule has 0 aromatic heterocycles. The third-order valence-corrected chi connectivity index (χ3v) is 9.75. The molecule has 9 heteroatoms. The Morgan fingerprint density at radius 2 is 1.92 bits per heavy atom. The lowest BCUT2D eigenvalue weighted by Gasteiger charge is -2.44. The Hall–Kier alpha value is -2.55. The molecule has 2 saturated heterocycles.